The van der Waals surface area contributed by atoms with Gasteiger partial charge in [0.25, 0.3) is 0 Å². The molecule has 4 bridgehead atoms. The summed E-state index contributed by atoms with van der Waals surface area (Å²) in [4.78, 5) is 12.7. The third-order valence-corrected chi connectivity index (χ3v) is 5.99. The number of nitrogens with one attached hydrogen (secondary N) is 1. The molecule has 3 heteroatoms. The van der Waals surface area contributed by atoms with E-state index in [1.54, 1.807) is 6.07 Å². The molecule has 4 aliphatic carbocycles. The number of rotatable bonds is 2. The molecule has 0 saturated heterocycles. The summed E-state index contributed by atoms with van der Waals surface area (Å²) in [7, 11) is 0. The monoisotopic (exact) mass is 287 g/mol. The van der Waals surface area contributed by atoms with Crippen molar-refractivity contribution in [2.75, 3.05) is 5.32 Å². The average Bonchev–Trinajstić information content (AvgIpc) is 2.41. The third kappa shape index (κ3) is 2.27. The first-order chi connectivity index (χ1) is 10.1. The molecule has 0 radical (unpaired) electrons. The lowest BCUT2D eigenvalue weighted by Crippen LogP contribution is -2.49. The number of carbonyl (C=O) groups is 1. The highest BCUT2D eigenvalue weighted by Crippen LogP contribution is 2.56. The van der Waals surface area contributed by atoms with E-state index in [1.807, 2.05) is 6.92 Å². The van der Waals surface area contributed by atoms with Crippen LogP contribution < -0.4 is 5.32 Å². The molecule has 21 heavy (non-hydrogen) atoms. The van der Waals surface area contributed by atoms with Crippen molar-refractivity contribution in [2.24, 2.45) is 29.6 Å². The molecule has 0 unspecified atom stereocenters. The van der Waals surface area contributed by atoms with Gasteiger partial charge in [-0.2, -0.15) is 0 Å². The van der Waals surface area contributed by atoms with Crippen molar-refractivity contribution < 1.29 is 9.18 Å². The Kier molecular flexibility index (Phi) is 3.05. The Hall–Kier alpha value is -1.38. The van der Waals surface area contributed by atoms with E-state index in [1.165, 1.54) is 44.2 Å². The van der Waals surface area contributed by atoms with E-state index in [0.717, 1.165) is 17.4 Å². The highest BCUT2D eigenvalue weighted by molar-refractivity contribution is 5.93. The van der Waals surface area contributed by atoms with Gasteiger partial charge in [-0.3, -0.25) is 4.79 Å². The first-order valence-corrected chi connectivity index (χ1v) is 8.17. The fourth-order valence-corrected chi connectivity index (χ4v) is 5.30. The maximum Gasteiger partial charge on any atom is 0.228 e. The zero-order chi connectivity index (χ0) is 14.6. The molecule has 0 aromatic heterocycles. The standard InChI is InChI=1S/C18H22FNO/c1-10-2-3-15(19)9-16(10)20-18(21)17-13-5-11-4-12(7-13)8-14(17)6-11/h2-3,9,11-14,17H,4-8H2,1H3,(H,20,21). The summed E-state index contributed by atoms with van der Waals surface area (Å²) >= 11 is 0. The van der Waals surface area contributed by atoms with Gasteiger partial charge in [-0.1, -0.05) is 6.07 Å². The van der Waals surface area contributed by atoms with Crippen molar-refractivity contribution in [3.63, 3.8) is 0 Å². The summed E-state index contributed by atoms with van der Waals surface area (Å²) in [5.74, 6) is 2.85. The quantitative estimate of drug-likeness (QED) is 0.870. The number of aryl methyl sites for hydroxylation is 1. The van der Waals surface area contributed by atoms with Crippen molar-refractivity contribution in [1.82, 2.24) is 0 Å². The second-order valence-corrected chi connectivity index (χ2v) is 7.40. The average molecular weight is 287 g/mol. The van der Waals surface area contributed by atoms with Crippen molar-refractivity contribution in [3.05, 3.63) is 29.6 Å². The predicted octanol–water partition coefficient (Wildman–Crippen LogP) is 4.14. The maximum atomic E-state index is 13.4. The van der Waals surface area contributed by atoms with Crippen molar-refractivity contribution in [1.29, 1.82) is 0 Å². The molecule has 1 N–H and O–H groups in total. The van der Waals surface area contributed by atoms with Gasteiger partial charge in [0.05, 0.1) is 0 Å². The van der Waals surface area contributed by atoms with Crippen LogP contribution >= 0.6 is 0 Å². The van der Waals surface area contributed by atoms with Crippen LogP contribution in [0.1, 0.15) is 37.7 Å². The van der Waals surface area contributed by atoms with Crippen LogP contribution in [-0.4, -0.2) is 5.91 Å². The number of halogens is 1. The lowest BCUT2D eigenvalue weighted by Gasteiger charge is -2.53. The molecule has 4 saturated carbocycles. The van der Waals surface area contributed by atoms with Crippen molar-refractivity contribution >= 4 is 11.6 Å². The molecule has 1 aromatic carbocycles. The van der Waals surface area contributed by atoms with Crippen LogP contribution in [0, 0.1) is 42.3 Å². The predicted molar refractivity (Wildman–Crippen MR) is 80.3 cm³/mol. The van der Waals surface area contributed by atoms with Gasteiger partial charge in [0.1, 0.15) is 5.82 Å². The number of hydrogen-bond donors (Lipinski definition) is 1. The second kappa shape index (κ2) is 4.82. The fraction of sp³-hybridized carbons (Fsp3) is 0.611. The first-order valence-electron chi connectivity index (χ1n) is 8.17. The van der Waals surface area contributed by atoms with Crippen LogP contribution in [0.25, 0.3) is 0 Å². The molecule has 0 aliphatic heterocycles. The van der Waals surface area contributed by atoms with Gasteiger partial charge >= 0.3 is 0 Å². The molecule has 112 valence electrons. The molecule has 0 heterocycles. The summed E-state index contributed by atoms with van der Waals surface area (Å²) in [5, 5.41) is 3.00. The number of amides is 1. The SMILES string of the molecule is Cc1ccc(F)cc1NC(=O)C1C2CC3CC(C2)CC1C3. The van der Waals surface area contributed by atoms with E-state index in [0.29, 0.717) is 17.5 Å². The lowest BCUT2D eigenvalue weighted by molar-refractivity contribution is -0.132. The van der Waals surface area contributed by atoms with Crippen molar-refractivity contribution in [3.8, 4) is 0 Å². The molecule has 0 atom stereocenters. The lowest BCUT2D eigenvalue weighted by atomic mass is 9.51. The van der Waals surface area contributed by atoms with E-state index in [2.05, 4.69) is 5.32 Å². The Morgan fingerprint density at radius 3 is 2.33 bits per heavy atom. The van der Waals surface area contributed by atoms with Crippen LogP contribution in [0.5, 0.6) is 0 Å². The normalized spacial score (nSPS) is 36.8. The molecular weight excluding hydrogens is 265 g/mol. The fourth-order valence-electron chi connectivity index (χ4n) is 5.30. The van der Waals surface area contributed by atoms with Gasteiger partial charge < -0.3 is 5.32 Å². The van der Waals surface area contributed by atoms with Crippen LogP contribution in [0.3, 0.4) is 0 Å². The van der Waals surface area contributed by atoms with E-state index >= 15 is 0 Å². The zero-order valence-corrected chi connectivity index (χ0v) is 12.4. The highest BCUT2D eigenvalue weighted by atomic mass is 19.1. The Morgan fingerprint density at radius 2 is 1.71 bits per heavy atom. The van der Waals surface area contributed by atoms with Crippen molar-refractivity contribution in [2.45, 2.75) is 39.0 Å². The highest BCUT2D eigenvalue weighted by Gasteiger charge is 2.50. The minimum absolute atomic E-state index is 0.123. The Balaban J connectivity index is 1.54. The molecular formula is C18H22FNO. The topological polar surface area (TPSA) is 29.1 Å². The van der Waals surface area contributed by atoms with E-state index < -0.39 is 0 Å². The first kappa shape index (κ1) is 13.3. The molecule has 4 aliphatic rings. The van der Waals surface area contributed by atoms with Crippen LogP contribution in [0.2, 0.25) is 0 Å². The van der Waals surface area contributed by atoms with Gasteiger partial charge in [-0.05, 0) is 80.4 Å². The molecule has 1 amide bonds. The molecule has 0 spiro atoms. The van der Waals surface area contributed by atoms with E-state index in [4.69, 9.17) is 0 Å². The summed E-state index contributed by atoms with van der Waals surface area (Å²) in [5.41, 5.74) is 1.56. The van der Waals surface area contributed by atoms with Gasteiger partial charge in [-0.15, -0.1) is 0 Å². The Bertz CT molecular complexity index is 555. The minimum atomic E-state index is -0.291. The number of hydrogen-bond acceptors (Lipinski definition) is 1. The van der Waals surface area contributed by atoms with E-state index in [-0.39, 0.29) is 17.6 Å². The van der Waals surface area contributed by atoms with Gasteiger partial charge in [-0.25, -0.2) is 4.39 Å². The number of anilines is 1. The molecule has 4 fully saturated rings. The molecule has 5 rings (SSSR count). The summed E-state index contributed by atoms with van der Waals surface area (Å²) in [6, 6.07) is 4.60. The summed E-state index contributed by atoms with van der Waals surface area (Å²) < 4.78 is 13.4. The van der Waals surface area contributed by atoms with Gasteiger partial charge in [0, 0.05) is 11.6 Å². The summed E-state index contributed by atoms with van der Waals surface area (Å²) in [6.07, 6.45) is 6.31. The zero-order valence-electron chi connectivity index (χ0n) is 12.4. The Morgan fingerprint density at radius 1 is 1.10 bits per heavy atom. The third-order valence-electron chi connectivity index (χ3n) is 5.99. The van der Waals surface area contributed by atoms with Crippen LogP contribution in [0.15, 0.2) is 18.2 Å². The number of carbonyl (C=O) groups excluding carboxylic acids is 1. The van der Waals surface area contributed by atoms with Gasteiger partial charge in [0.2, 0.25) is 5.91 Å². The van der Waals surface area contributed by atoms with Gasteiger partial charge in [0.15, 0.2) is 0 Å². The maximum absolute atomic E-state index is 13.4. The number of benzene rings is 1. The van der Waals surface area contributed by atoms with Crippen LogP contribution in [-0.2, 0) is 4.79 Å². The molecule has 2 nitrogen and oxygen atoms in total. The minimum Gasteiger partial charge on any atom is -0.325 e. The summed E-state index contributed by atoms with van der Waals surface area (Å²) in [6.45, 7) is 1.91. The smallest absolute Gasteiger partial charge is 0.228 e. The second-order valence-electron chi connectivity index (χ2n) is 7.40. The largest absolute Gasteiger partial charge is 0.325 e. The molecule has 1 aromatic rings. The van der Waals surface area contributed by atoms with Crippen LogP contribution in [0.4, 0.5) is 10.1 Å². The van der Waals surface area contributed by atoms with E-state index in [9.17, 15) is 9.18 Å². The Labute approximate surface area is 125 Å².